The first-order valence-corrected chi connectivity index (χ1v) is 6.50. The van der Waals surface area contributed by atoms with Crippen molar-refractivity contribution in [2.24, 2.45) is 5.73 Å². The lowest BCUT2D eigenvalue weighted by atomic mass is 10.0. The molecule has 0 aliphatic carbocycles. The van der Waals surface area contributed by atoms with E-state index in [-0.39, 0.29) is 11.6 Å². The van der Waals surface area contributed by atoms with Crippen LogP contribution in [0.1, 0.15) is 44.6 Å². The van der Waals surface area contributed by atoms with Gasteiger partial charge in [-0.05, 0) is 26.3 Å². The first-order chi connectivity index (χ1) is 8.50. The Kier molecular flexibility index (Phi) is 2.42. The van der Waals surface area contributed by atoms with Gasteiger partial charge in [0.15, 0.2) is 11.3 Å². The van der Waals surface area contributed by atoms with E-state index < -0.39 is 0 Å². The van der Waals surface area contributed by atoms with Crippen LogP contribution in [0.3, 0.4) is 0 Å². The van der Waals surface area contributed by atoms with Gasteiger partial charge in [-0.1, -0.05) is 19.1 Å². The molecule has 0 radical (unpaired) electrons. The highest BCUT2D eigenvalue weighted by atomic mass is 16.5. The van der Waals surface area contributed by atoms with Gasteiger partial charge in [0, 0.05) is 17.4 Å². The van der Waals surface area contributed by atoms with Gasteiger partial charge in [-0.2, -0.15) is 0 Å². The Morgan fingerprint density at radius 1 is 1.39 bits per heavy atom. The Hall–Kier alpha value is -1.48. The van der Waals surface area contributed by atoms with E-state index in [0.717, 1.165) is 35.3 Å². The zero-order valence-corrected chi connectivity index (χ0v) is 11.1. The fourth-order valence-electron chi connectivity index (χ4n) is 2.54. The molecule has 0 spiro atoms. The maximum atomic E-state index is 6.02. The standard InChI is InChI=1S/C15H19NO2/c1-4-11(16)12-7-9-5-6-10-8-15(2,3)18-14(10)13(9)17-12/h5-7,11H,4,8,16H2,1-3H3. The Morgan fingerprint density at radius 3 is 2.89 bits per heavy atom. The smallest absolute Gasteiger partial charge is 0.176 e. The highest BCUT2D eigenvalue weighted by Gasteiger charge is 2.32. The zero-order chi connectivity index (χ0) is 12.9. The van der Waals surface area contributed by atoms with Crippen LogP contribution in [0.2, 0.25) is 0 Å². The lowest BCUT2D eigenvalue weighted by Gasteiger charge is -2.16. The lowest BCUT2D eigenvalue weighted by molar-refractivity contribution is 0.138. The SMILES string of the molecule is CCC(N)c1cc2ccc3c(c2o1)OC(C)(C)C3. The van der Waals surface area contributed by atoms with E-state index >= 15 is 0 Å². The van der Waals surface area contributed by atoms with Gasteiger partial charge in [0.05, 0.1) is 6.04 Å². The molecule has 1 atom stereocenters. The van der Waals surface area contributed by atoms with E-state index in [4.69, 9.17) is 14.9 Å². The summed E-state index contributed by atoms with van der Waals surface area (Å²) >= 11 is 0. The molecule has 0 bridgehead atoms. The molecule has 0 amide bonds. The minimum Gasteiger partial charge on any atom is -0.483 e. The van der Waals surface area contributed by atoms with Gasteiger partial charge in [-0.15, -0.1) is 0 Å². The second kappa shape index (κ2) is 3.75. The largest absolute Gasteiger partial charge is 0.483 e. The molecular weight excluding hydrogens is 226 g/mol. The van der Waals surface area contributed by atoms with E-state index in [9.17, 15) is 0 Å². The number of benzene rings is 1. The Balaban J connectivity index is 2.14. The van der Waals surface area contributed by atoms with Crippen molar-refractivity contribution in [3.05, 3.63) is 29.5 Å². The first kappa shape index (κ1) is 11.6. The number of furan rings is 1. The molecule has 1 aromatic heterocycles. The minimum absolute atomic E-state index is 0.0394. The van der Waals surface area contributed by atoms with E-state index in [1.165, 1.54) is 5.56 Å². The minimum atomic E-state index is -0.142. The predicted molar refractivity (Wildman–Crippen MR) is 71.8 cm³/mol. The van der Waals surface area contributed by atoms with Crippen LogP contribution in [0.15, 0.2) is 22.6 Å². The van der Waals surface area contributed by atoms with Gasteiger partial charge in [-0.25, -0.2) is 0 Å². The van der Waals surface area contributed by atoms with Crippen molar-refractivity contribution in [3.8, 4) is 5.75 Å². The van der Waals surface area contributed by atoms with Gasteiger partial charge in [0.25, 0.3) is 0 Å². The van der Waals surface area contributed by atoms with Crippen molar-refractivity contribution in [3.63, 3.8) is 0 Å². The number of fused-ring (bicyclic) bond motifs is 3. The molecule has 0 saturated heterocycles. The molecule has 0 saturated carbocycles. The van der Waals surface area contributed by atoms with Crippen LogP contribution in [0.5, 0.6) is 5.75 Å². The summed E-state index contributed by atoms with van der Waals surface area (Å²) in [5, 5.41) is 1.07. The number of hydrogen-bond donors (Lipinski definition) is 1. The van der Waals surface area contributed by atoms with E-state index in [1.54, 1.807) is 0 Å². The molecule has 96 valence electrons. The third kappa shape index (κ3) is 1.70. The number of hydrogen-bond acceptors (Lipinski definition) is 3. The molecule has 2 heterocycles. The maximum absolute atomic E-state index is 6.02. The summed E-state index contributed by atoms with van der Waals surface area (Å²) in [6.45, 7) is 6.25. The van der Waals surface area contributed by atoms with Crippen LogP contribution in [-0.2, 0) is 6.42 Å². The Morgan fingerprint density at radius 2 is 2.17 bits per heavy atom. The van der Waals surface area contributed by atoms with Gasteiger partial charge < -0.3 is 14.9 Å². The molecule has 3 heteroatoms. The molecule has 0 fully saturated rings. The van der Waals surface area contributed by atoms with E-state index in [1.807, 2.05) is 6.07 Å². The third-order valence-electron chi connectivity index (χ3n) is 3.54. The normalized spacial score (nSPS) is 18.7. The van der Waals surface area contributed by atoms with Crippen molar-refractivity contribution >= 4 is 11.0 Å². The molecular formula is C15H19NO2. The summed E-state index contributed by atoms with van der Waals surface area (Å²) in [6.07, 6.45) is 1.79. The summed E-state index contributed by atoms with van der Waals surface area (Å²) in [7, 11) is 0. The van der Waals surface area contributed by atoms with Crippen LogP contribution in [0.4, 0.5) is 0 Å². The van der Waals surface area contributed by atoms with Gasteiger partial charge in [0.2, 0.25) is 0 Å². The third-order valence-corrected chi connectivity index (χ3v) is 3.54. The van der Waals surface area contributed by atoms with Gasteiger partial charge in [0.1, 0.15) is 11.4 Å². The summed E-state index contributed by atoms with van der Waals surface area (Å²) in [5.74, 6) is 1.74. The summed E-state index contributed by atoms with van der Waals surface area (Å²) < 4.78 is 11.9. The van der Waals surface area contributed by atoms with E-state index in [2.05, 4.69) is 32.9 Å². The van der Waals surface area contributed by atoms with Crippen molar-refractivity contribution in [1.82, 2.24) is 0 Å². The number of ether oxygens (including phenoxy) is 1. The quantitative estimate of drug-likeness (QED) is 0.880. The fourth-order valence-corrected chi connectivity index (χ4v) is 2.54. The molecule has 1 unspecified atom stereocenters. The summed E-state index contributed by atoms with van der Waals surface area (Å²) in [6, 6.07) is 6.21. The summed E-state index contributed by atoms with van der Waals surface area (Å²) in [4.78, 5) is 0. The van der Waals surface area contributed by atoms with Crippen LogP contribution >= 0.6 is 0 Å². The summed E-state index contributed by atoms with van der Waals surface area (Å²) in [5.41, 5.74) is 7.94. The van der Waals surface area contributed by atoms with Crippen molar-refractivity contribution < 1.29 is 9.15 Å². The number of nitrogens with two attached hydrogens (primary N) is 1. The molecule has 3 rings (SSSR count). The average molecular weight is 245 g/mol. The van der Waals surface area contributed by atoms with Crippen LogP contribution in [0.25, 0.3) is 11.0 Å². The second-order valence-corrected chi connectivity index (χ2v) is 5.67. The van der Waals surface area contributed by atoms with Crippen molar-refractivity contribution in [1.29, 1.82) is 0 Å². The predicted octanol–water partition coefficient (Wildman–Crippen LogP) is 3.56. The van der Waals surface area contributed by atoms with Crippen LogP contribution < -0.4 is 10.5 Å². The highest BCUT2D eigenvalue weighted by Crippen LogP contribution is 2.42. The highest BCUT2D eigenvalue weighted by molar-refractivity contribution is 5.86. The average Bonchev–Trinajstić information content (AvgIpc) is 2.86. The number of rotatable bonds is 2. The monoisotopic (exact) mass is 245 g/mol. The van der Waals surface area contributed by atoms with Crippen LogP contribution in [0, 0.1) is 0 Å². The topological polar surface area (TPSA) is 48.4 Å². The zero-order valence-electron chi connectivity index (χ0n) is 11.1. The van der Waals surface area contributed by atoms with E-state index in [0.29, 0.717) is 0 Å². The van der Waals surface area contributed by atoms with Crippen molar-refractivity contribution in [2.45, 2.75) is 45.3 Å². The lowest BCUT2D eigenvalue weighted by Crippen LogP contribution is -2.24. The maximum Gasteiger partial charge on any atom is 0.176 e. The Bertz CT molecular complexity index is 598. The van der Waals surface area contributed by atoms with Gasteiger partial charge in [-0.3, -0.25) is 0 Å². The molecule has 1 aromatic carbocycles. The Labute approximate surface area is 107 Å². The molecule has 3 nitrogen and oxygen atoms in total. The molecule has 18 heavy (non-hydrogen) atoms. The molecule has 1 aliphatic rings. The van der Waals surface area contributed by atoms with Crippen molar-refractivity contribution in [2.75, 3.05) is 0 Å². The molecule has 1 aliphatic heterocycles. The second-order valence-electron chi connectivity index (χ2n) is 5.67. The molecule has 2 N–H and O–H groups in total. The van der Waals surface area contributed by atoms with Gasteiger partial charge >= 0.3 is 0 Å². The fraction of sp³-hybridized carbons (Fsp3) is 0.467. The molecule has 2 aromatic rings. The van der Waals surface area contributed by atoms with Crippen LogP contribution in [-0.4, -0.2) is 5.60 Å². The first-order valence-electron chi connectivity index (χ1n) is 6.50.